The van der Waals surface area contributed by atoms with E-state index in [4.69, 9.17) is 0 Å². The van der Waals surface area contributed by atoms with Gasteiger partial charge in [0.15, 0.2) is 0 Å². The molecule has 0 aromatic heterocycles. The number of carbonyl (C=O) groups is 1. The Morgan fingerprint density at radius 3 is 2.62 bits per heavy atom. The van der Waals surface area contributed by atoms with E-state index < -0.39 is 0 Å². The fourth-order valence-electron chi connectivity index (χ4n) is 1.53. The standard InChI is InChI=1S/C13H14N2O/c1-10-7-8-12(9-10)14-15-13(16)11-5-3-2-4-6-11/h2-6,8-9,14H,7H2,1H3,(H,15,16). The summed E-state index contributed by atoms with van der Waals surface area (Å²) in [5.74, 6) is -0.126. The minimum Gasteiger partial charge on any atom is -0.299 e. The Balaban J connectivity index is 1.90. The van der Waals surface area contributed by atoms with Gasteiger partial charge in [0.05, 0.1) is 5.70 Å². The van der Waals surface area contributed by atoms with Crippen LogP contribution in [0.15, 0.2) is 53.8 Å². The number of benzene rings is 1. The molecule has 0 saturated heterocycles. The molecule has 0 unspecified atom stereocenters. The van der Waals surface area contributed by atoms with Crippen LogP contribution in [0.4, 0.5) is 0 Å². The van der Waals surface area contributed by atoms with E-state index in [0.29, 0.717) is 5.56 Å². The van der Waals surface area contributed by atoms with Gasteiger partial charge in [-0.2, -0.15) is 0 Å². The minimum atomic E-state index is -0.126. The number of allylic oxidation sites excluding steroid dienone is 3. The molecule has 1 aliphatic rings. The smallest absolute Gasteiger partial charge is 0.269 e. The number of amides is 1. The quantitative estimate of drug-likeness (QED) is 0.757. The molecule has 2 N–H and O–H groups in total. The van der Waals surface area contributed by atoms with Gasteiger partial charge in [-0.25, -0.2) is 0 Å². The van der Waals surface area contributed by atoms with Gasteiger partial charge in [-0.3, -0.25) is 15.6 Å². The van der Waals surface area contributed by atoms with Crippen molar-refractivity contribution in [1.82, 2.24) is 10.9 Å². The summed E-state index contributed by atoms with van der Waals surface area (Å²) in [4.78, 5) is 11.7. The molecular formula is C13H14N2O. The molecule has 1 aliphatic carbocycles. The van der Waals surface area contributed by atoms with Crippen LogP contribution in [0.2, 0.25) is 0 Å². The van der Waals surface area contributed by atoms with Crippen LogP contribution in [-0.2, 0) is 0 Å². The molecule has 0 bridgehead atoms. The van der Waals surface area contributed by atoms with E-state index in [1.54, 1.807) is 12.1 Å². The van der Waals surface area contributed by atoms with E-state index in [2.05, 4.69) is 17.8 Å². The SMILES string of the molecule is CC1=CC(NNC(=O)c2ccccc2)=CC1. The minimum absolute atomic E-state index is 0.126. The van der Waals surface area contributed by atoms with Crippen LogP contribution < -0.4 is 10.9 Å². The molecule has 0 saturated carbocycles. The third kappa shape index (κ3) is 2.51. The first kappa shape index (κ1) is 10.5. The molecule has 0 heterocycles. The second-order valence-corrected chi connectivity index (χ2v) is 3.80. The van der Waals surface area contributed by atoms with Crippen molar-refractivity contribution in [2.45, 2.75) is 13.3 Å². The Bertz CT molecular complexity index is 446. The van der Waals surface area contributed by atoms with Crippen LogP contribution in [-0.4, -0.2) is 5.91 Å². The van der Waals surface area contributed by atoms with Crippen LogP contribution in [0.1, 0.15) is 23.7 Å². The first-order chi connectivity index (χ1) is 7.75. The molecule has 1 amide bonds. The second-order valence-electron chi connectivity index (χ2n) is 3.80. The first-order valence-electron chi connectivity index (χ1n) is 5.24. The van der Waals surface area contributed by atoms with Gasteiger partial charge in [-0.05, 0) is 31.6 Å². The molecule has 16 heavy (non-hydrogen) atoms. The molecular weight excluding hydrogens is 200 g/mol. The highest BCUT2D eigenvalue weighted by Crippen LogP contribution is 2.13. The zero-order valence-corrected chi connectivity index (χ0v) is 9.16. The molecule has 0 fully saturated rings. The van der Waals surface area contributed by atoms with Crippen molar-refractivity contribution in [1.29, 1.82) is 0 Å². The highest BCUT2D eigenvalue weighted by Gasteiger charge is 2.05. The summed E-state index contributed by atoms with van der Waals surface area (Å²) in [6, 6.07) is 9.12. The molecule has 0 aliphatic heterocycles. The van der Waals surface area contributed by atoms with E-state index in [1.807, 2.05) is 30.4 Å². The van der Waals surface area contributed by atoms with Crippen LogP contribution in [0, 0.1) is 0 Å². The van der Waals surface area contributed by atoms with Gasteiger partial charge in [0.1, 0.15) is 0 Å². The van der Waals surface area contributed by atoms with E-state index in [-0.39, 0.29) is 5.91 Å². The Labute approximate surface area is 94.8 Å². The maximum Gasteiger partial charge on any atom is 0.269 e. The molecule has 0 atom stereocenters. The van der Waals surface area contributed by atoms with Crippen molar-refractivity contribution in [3.05, 3.63) is 59.3 Å². The summed E-state index contributed by atoms with van der Waals surface area (Å²) in [5, 5.41) is 0. The Kier molecular flexibility index (Phi) is 3.05. The number of rotatable bonds is 3. The highest BCUT2D eigenvalue weighted by atomic mass is 16.2. The van der Waals surface area contributed by atoms with Gasteiger partial charge >= 0.3 is 0 Å². The molecule has 2 rings (SSSR count). The van der Waals surface area contributed by atoms with Gasteiger partial charge in [-0.1, -0.05) is 29.8 Å². The number of carbonyl (C=O) groups excluding carboxylic acids is 1. The van der Waals surface area contributed by atoms with Crippen LogP contribution in [0.3, 0.4) is 0 Å². The average molecular weight is 214 g/mol. The van der Waals surface area contributed by atoms with Crippen LogP contribution in [0.25, 0.3) is 0 Å². The van der Waals surface area contributed by atoms with E-state index in [1.165, 1.54) is 5.57 Å². The van der Waals surface area contributed by atoms with E-state index in [9.17, 15) is 4.79 Å². The highest BCUT2D eigenvalue weighted by molar-refractivity contribution is 5.93. The predicted octanol–water partition coefficient (Wildman–Crippen LogP) is 2.15. The second kappa shape index (κ2) is 4.66. The lowest BCUT2D eigenvalue weighted by atomic mass is 10.2. The fourth-order valence-corrected chi connectivity index (χ4v) is 1.53. The molecule has 0 radical (unpaired) electrons. The topological polar surface area (TPSA) is 41.1 Å². The Morgan fingerprint density at radius 2 is 2.00 bits per heavy atom. The van der Waals surface area contributed by atoms with E-state index in [0.717, 1.165) is 12.1 Å². The number of hydrogen-bond donors (Lipinski definition) is 2. The zero-order chi connectivity index (χ0) is 11.4. The van der Waals surface area contributed by atoms with Gasteiger partial charge < -0.3 is 0 Å². The van der Waals surface area contributed by atoms with E-state index >= 15 is 0 Å². The maximum atomic E-state index is 11.7. The molecule has 3 nitrogen and oxygen atoms in total. The fraction of sp³-hybridized carbons (Fsp3) is 0.154. The van der Waals surface area contributed by atoms with Crippen molar-refractivity contribution in [3.8, 4) is 0 Å². The van der Waals surface area contributed by atoms with Gasteiger partial charge in [-0.15, -0.1) is 0 Å². The molecule has 3 heteroatoms. The summed E-state index contributed by atoms with van der Waals surface area (Å²) >= 11 is 0. The monoisotopic (exact) mass is 214 g/mol. The van der Waals surface area contributed by atoms with Crippen LogP contribution >= 0.6 is 0 Å². The molecule has 82 valence electrons. The van der Waals surface area contributed by atoms with Crippen molar-refractivity contribution in [2.24, 2.45) is 0 Å². The number of hydrazine groups is 1. The van der Waals surface area contributed by atoms with Crippen molar-refractivity contribution >= 4 is 5.91 Å². The Hall–Kier alpha value is -2.03. The number of nitrogens with one attached hydrogen (secondary N) is 2. The van der Waals surface area contributed by atoms with Crippen LogP contribution in [0.5, 0.6) is 0 Å². The zero-order valence-electron chi connectivity index (χ0n) is 9.16. The largest absolute Gasteiger partial charge is 0.299 e. The molecule has 0 spiro atoms. The van der Waals surface area contributed by atoms with Gasteiger partial charge in [0, 0.05) is 5.56 Å². The third-order valence-corrected chi connectivity index (χ3v) is 2.40. The third-order valence-electron chi connectivity index (χ3n) is 2.40. The maximum absolute atomic E-state index is 11.7. The lowest BCUT2D eigenvalue weighted by Gasteiger charge is -2.07. The van der Waals surface area contributed by atoms with Gasteiger partial charge in [0.2, 0.25) is 0 Å². The van der Waals surface area contributed by atoms with Gasteiger partial charge in [0.25, 0.3) is 5.91 Å². The first-order valence-corrected chi connectivity index (χ1v) is 5.24. The molecule has 1 aromatic carbocycles. The normalized spacial score (nSPS) is 14.1. The summed E-state index contributed by atoms with van der Waals surface area (Å²) in [7, 11) is 0. The summed E-state index contributed by atoms with van der Waals surface area (Å²) in [6.07, 6.45) is 5.01. The summed E-state index contributed by atoms with van der Waals surface area (Å²) in [5.41, 5.74) is 8.44. The lowest BCUT2D eigenvalue weighted by molar-refractivity contribution is 0.0939. The predicted molar refractivity (Wildman–Crippen MR) is 63.5 cm³/mol. The van der Waals surface area contributed by atoms with Crippen molar-refractivity contribution in [3.63, 3.8) is 0 Å². The lowest BCUT2D eigenvalue weighted by Crippen LogP contribution is -2.35. The number of hydrogen-bond acceptors (Lipinski definition) is 2. The summed E-state index contributed by atoms with van der Waals surface area (Å²) < 4.78 is 0. The summed E-state index contributed by atoms with van der Waals surface area (Å²) in [6.45, 7) is 2.06. The Morgan fingerprint density at radius 1 is 1.25 bits per heavy atom. The average Bonchev–Trinajstić information content (AvgIpc) is 2.73. The van der Waals surface area contributed by atoms with Crippen molar-refractivity contribution in [2.75, 3.05) is 0 Å². The van der Waals surface area contributed by atoms with Crippen molar-refractivity contribution < 1.29 is 4.79 Å². The molecule has 1 aromatic rings.